The van der Waals surface area contributed by atoms with E-state index in [9.17, 15) is 14.0 Å². The SMILES string of the molecule is CC1(C)OC[C@@H](Cn2cc(-c3ccc(NC(=O)N4CCC(C(=O)C(N)=Nc5ccc(F)c(Br)c5)CC4)cc3)cn2)O1. The number of carbonyl (C=O) groups is 2. The third-order valence-corrected chi connectivity index (χ3v) is 7.73. The van der Waals surface area contributed by atoms with E-state index in [-0.39, 0.29) is 34.1 Å². The Balaban J connectivity index is 1.10. The number of benzene rings is 2. The molecule has 0 bridgehead atoms. The summed E-state index contributed by atoms with van der Waals surface area (Å²) in [6.45, 7) is 5.77. The van der Waals surface area contributed by atoms with Gasteiger partial charge in [0.15, 0.2) is 11.6 Å². The molecular formula is C29H32BrFN6O4. The van der Waals surface area contributed by atoms with Crippen LogP contribution in [0.1, 0.15) is 26.7 Å². The topological polar surface area (TPSA) is 124 Å². The molecule has 2 aliphatic rings. The molecule has 3 N–H and O–H groups in total. The van der Waals surface area contributed by atoms with Crippen LogP contribution in [0.25, 0.3) is 11.1 Å². The van der Waals surface area contributed by atoms with Gasteiger partial charge in [0.2, 0.25) is 5.78 Å². The molecule has 0 unspecified atom stereocenters. The van der Waals surface area contributed by atoms with Crippen molar-refractivity contribution in [2.75, 3.05) is 25.0 Å². The minimum atomic E-state index is -0.568. The Morgan fingerprint density at radius 1 is 1.17 bits per heavy atom. The van der Waals surface area contributed by atoms with Gasteiger partial charge >= 0.3 is 6.03 Å². The van der Waals surface area contributed by atoms with Crippen molar-refractivity contribution < 1.29 is 23.5 Å². The monoisotopic (exact) mass is 626 g/mol. The van der Waals surface area contributed by atoms with Crippen molar-refractivity contribution in [1.82, 2.24) is 14.7 Å². The zero-order chi connectivity index (χ0) is 29.1. The van der Waals surface area contributed by atoms with Crippen LogP contribution in [0.5, 0.6) is 0 Å². The maximum atomic E-state index is 13.4. The number of nitrogens with one attached hydrogen (secondary N) is 1. The Labute approximate surface area is 245 Å². The van der Waals surface area contributed by atoms with E-state index in [1.54, 1.807) is 11.1 Å². The van der Waals surface area contributed by atoms with Gasteiger partial charge in [-0.05, 0) is 78.5 Å². The first-order valence-electron chi connectivity index (χ1n) is 13.4. The van der Waals surface area contributed by atoms with E-state index in [2.05, 4.69) is 31.3 Å². The molecule has 1 atom stereocenters. The Bertz CT molecular complexity index is 1450. The summed E-state index contributed by atoms with van der Waals surface area (Å²) in [7, 11) is 0. The molecular weight excluding hydrogens is 595 g/mol. The number of nitrogens with zero attached hydrogens (tertiary/aromatic N) is 4. The normalized spacial score (nSPS) is 19.4. The molecule has 0 radical (unpaired) electrons. The Morgan fingerprint density at radius 3 is 2.56 bits per heavy atom. The number of piperidine rings is 1. The maximum absolute atomic E-state index is 13.4. The number of hydrogen-bond acceptors (Lipinski definition) is 6. The van der Waals surface area contributed by atoms with Crippen LogP contribution in [0.4, 0.5) is 20.6 Å². The number of ether oxygens (including phenoxy) is 2. The smallest absolute Gasteiger partial charge is 0.321 e. The van der Waals surface area contributed by atoms with E-state index >= 15 is 0 Å². The fraction of sp³-hybridized carbons (Fsp3) is 0.379. The van der Waals surface area contributed by atoms with Gasteiger partial charge in [0.1, 0.15) is 11.9 Å². The minimum Gasteiger partial charge on any atom is -0.381 e. The zero-order valence-corrected chi connectivity index (χ0v) is 24.4. The number of amidine groups is 1. The molecule has 2 fully saturated rings. The van der Waals surface area contributed by atoms with E-state index in [0.29, 0.717) is 50.5 Å². The number of rotatable bonds is 7. The van der Waals surface area contributed by atoms with E-state index in [1.165, 1.54) is 18.2 Å². The van der Waals surface area contributed by atoms with Crippen LogP contribution in [0.3, 0.4) is 0 Å². The molecule has 10 nitrogen and oxygen atoms in total. The lowest BCUT2D eigenvalue weighted by molar-refractivity contribution is -0.139. The van der Waals surface area contributed by atoms with Gasteiger partial charge in [-0.1, -0.05) is 12.1 Å². The van der Waals surface area contributed by atoms with Crippen molar-refractivity contribution >= 4 is 45.0 Å². The molecule has 0 aliphatic carbocycles. The van der Waals surface area contributed by atoms with Crippen LogP contribution in [0.15, 0.2) is 64.3 Å². The molecule has 3 aromatic rings. The average molecular weight is 628 g/mol. The number of Topliss-reactive ketones (excluding diaryl/α,β-unsaturated/α-hetero) is 1. The standard InChI is InChI=1S/C29H32BrFN6O4/c1-29(2)40-17-23(41-29)16-37-15-20(14-33-37)18-3-5-21(6-4-18)35-28(39)36-11-9-19(10-12-36)26(38)27(32)34-22-7-8-25(31)24(30)13-22/h3-8,13-15,19,23H,9-12,16-17H2,1-2H3,(H2,32,34)(H,35,39)/t23-/m1/s1. The Kier molecular flexibility index (Phi) is 8.52. The third kappa shape index (κ3) is 7.19. The van der Waals surface area contributed by atoms with Gasteiger partial charge in [-0.3, -0.25) is 9.48 Å². The van der Waals surface area contributed by atoms with Gasteiger partial charge in [-0.2, -0.15) is 5.10 Å². The quantitative estimate of drug-likeness (QED) is 0.278. The maximum Gasteiger partial charge on any atom is 0.321 e. The number of anilines is 1. The highest BCUT2D eigenvalue weighted by Crippen LogP contribution is 2.26. The number of halogens is 2. The van der Waals surface area contributed by atoms with Crippen molar-refractivity contribution in [3.8, 4) is 11.1 Å². The largest absolute Gasteiger partial charge is 0.381 e. The number of hydrogen-bond donors (Lipinski definition) is 2. The lowest BCUT2D eigenvalue weighted by Gasteiger charge is -2.31. The Hall–Kier alpha value is -3.61. The molecule has 0 saturated carbocycles. The Morgan fingerprint density at radius 2 is 1.90 bits per heavy atom. The van der Waals surface area contributed by atoms with E-state index < -0.39 is 11.6 Å². The van der Waals surface area contributed by atoms with Crippen LogP contribution in [0, 0.1) is 11.7 Å². The molecule has 3 heterocycles. The predicted octanol–water partition coefficient (Wildman–Crippen LogP) is 5.11. The van der Waals surface area contributed by atoms with E-state index in [4.69, 9.17) is 15.2 Å². The van der Waals surface area contributed by atoms with Crippen LogP contribution in [-0.4, -0.2) is 63.9 Å². The predicted molar refractivity (Wildman–Crippen MR) is 156 cm³/mol. The summed E-state index contributed by atoms with van der Waals surface area (Å²) in [4.78, 5) is 31.5. The summed E-state index contributed by atoms with van der Waals surface area (Å²) in [5, 5.41) is 7.37. The van der Waals surface area contributed by atoms with E-state index in [1.807, 2.05) is 49.0 Å². The lowest BCUT2D eigenvalue weighted by Crippen LogP contribution is -2.44. The van der Waals surface area contributed by atoms with Crippen LogP contribution in [-0.2, 0) is 20.8 Å². The molecule has 5 rings (SSSR count). The number of aliphatic imine (C=N–C) groups is 1. The highest BCUT2D eigenvalue weighted by Gasteiger charge is 2.33. The van der Waals surface area contributed by atoms with Crippen molar-refractivity contribution in [3.63, 3.8) is 0 Å². The highest BCUT2D eigenvalue weighted by atomic mass is 79.9. The second kappa shape index (κ2) is 12.1. The van der Waals surface area contributed by atoms with Crippen LogP contribution >= 0.6 is 15.9 Å². The van der Waals surface area contributed by atoms with Gasteiger partial charge in [-0.25, -0.2) is 14.2 Å². The molecule has 41 heavy (non-hydrogen) atoms. The zero-order valence-electron chi connectivity index (χ0n) is 22.8. The van der Waals surface area contributed by atoms with Gasteiger partial charge in [0.25, 0.3) is 0 Å². The number of amides is 2. The molecule has 0 spiro atoms. The summed E-state index contributed by atoms with van der Waals surface area (Å²) in [6, 6.07) is 11.5. The number of likely N-dealkylation sites (tertiary alicyclic amines) is 1. The number of ketones is 1. The van der Waals surface area contributed by atoms with Gasteiger partial charge in [-0.15, -0.1) is 0 Å². The first-order valence-corrected chi connectivity index (χ1v) is 14.2. The summed E-state index contributed by atoms with van der Waals surface area (Å²) >= 11 is 3.10. The van der Waals surface area contributed by atoms with Gasteiger partial charge in [0.05, 0.1) is 29.5 Å². The molecule has 216 valence electrons. The summed E-state index contributed by atoms with van der Waals surface area (Å²) in [5.74, 6) is -1.71. The fourth-order valence-corrected chi connectivity index (χ4v) is 5.29. The summed E-state index contributed by atoms with van der Waals surface area (Å²) < 4.78 is 27.0. The lowest BCUT2D eigenvalue weighted by atomic mass is 9.92. The fourth-order valence-electron chi connectivity index (χ4n) is 4.93. The first kappa shape index (κ1) is 28.9. The summed E-state index contributed by atoms with van der Waals surface area (Å²) in [6.07, 6.45) is 4.68. The highest BCUT2D eigenvalue weighted by molar-refractivity contribution is 9.10. The third-order valence-electron chi connectivity index (χ3n) is 7.12. The molecule has 12 heteroatoms. The van der Waals surface area contributed by atoms with Crippen molar-refractivity contribution in [1.29, 1.82) is 0 Å². The number of carbonyl (C=O) groups excluding carboxylic acids is 2. The van der Waals surface area contributed by atoms with Crippen LogP contribution < -0.4 is 11.1 Å². The van der Waals surface area contributed by atoms with Crippen LogP contribution in [0.2, 0.25) is 0 Å². The van der Waals surface area contributed by atoms with Gasteiger partial charge in [0, 0.05) is 36.5 Å². The number of nitrogens with two attached hydrogens (primary N) is 1. The van der Waals surface area contributed by atoms with Crippen molar-refractivity contribution in [2.45, 2.75) is 45.1 Å². The number of aromatic nitrogens is 2. The van der Waals surface area contributed by atoms with Crippen molar-refractivity contribution in [2.24, 2.45) is 16.6 Å². The minimum absolute atomic E-state index is 0.0481. The van der Waals surface area contributed by atoms with Crippen molar-refractivity contribution in [3.05, 3.63) is 65.1 Å². The first-order chi connectivity index (χ1) is 19.6. The molecule has 2 saturated heterocycles. The van der Waals surface area contributed by atoms with Gasteiger partial charge < -0.3 is 25.4 Å². The number of urea groups is 1. The summed E-state index contributed by atoms with van der Waals surface area (Å²) in [5.41, 5.74) is 8.95. The second-order valence-corrected chi connectivity index (χ2v) is 11.5. The molecule has 1 aromatic heterocycles. The average Bonchev–Trinajstić information content (AvgIpc) is 3.56. The molecule has 2 amide bonds. The molecule has 2 aliphatic heterocycles. The molecule has 2 aromatic carbocycles. The van der Waals surface area contributed by atoms with E-state index in [0.717, 1.165) is 11.1 Å². The second-order valence-electron chi connectivity index (χ2n) is 10.6.